The molecule has 0 saturated heterocycles. The lowest BCUT2D eigenvalue weighted by atomic mass is 9.93. The van der Waals surface area contributed by atoms with Crippen LogP contribution in [0.5, 0.6) is 5.75 Å². The maximum Gasteiger partial charge on any atom is 0.277 e. The van der Waals surface area contributed by atoms with Gasteiger partial charge in [-0.15, -0.1) is 0 Å². The molecule has 7 nitrogen and oxygen atoms in total. The van der Waals surface area contributed by atoms with E-state index in [0.717, 1.165) is 11.1 Å². The average molecular weight is 467 g/mol. The first-order chi connectivity index (χ1) is 17.0. The number of ether oxygens (including phenoxy) is 1. The summed E-state index contributed by atoms with van der Waals surface area (Å²) in [5.41, 5.74) is 2.37. The summed E-state index contributed by atoms with van der Waals surface area (Å²) in [6.45, 7) is 2.34. The first-order valence-electron chi connectivity index (χ1n) is 11.4. The van der Waals surface area contributed by atoms with E-state index < -0.39 is 5.54 Å². The molecule has 2 heterocycles. The van der Waals surface area contributed by atoms with E-state index >= 15 is 0 Å². The molecule has 4 aromatic rings. The van der Waals surface area contributed by atoms with E-state index in [-0.39, 0.29) is 18.4 Å². The zero-order valence-electron chi connectivity index (χ0n) is 19.6. The molecule has 0 fully saturated rings. The van der Waals surface area contributed by atoms with Crippen molar-refractivity contribution in [1.29, 1.82) is 0 Å². The van der Waals surface area contributed by atoms with Gasteiger partial charge in [-0.3, -0.25) is 19.2 Å². The molecule has 176 valence electrons. The molecule has 0 aliphatic carbocycles. The van der Waals surface area contributed by atoms with E-state index in [1.54, 1.807) is 35.7 Å². The molecule has 35 heavy (non-hydrogen) atoms. The largest absolute Gasteiger partial charge is 0.497 e. The molecule has 2 amide bonds. The number of carbonyl (C=O) groups is 2. The number of methoxy groups -OCH3 is 1. The fourth-order valence-electron chi connectivity index (χ4n) is 4.45. The van der Waals surface area contributed by atoms with Crippen LogP contribution in [0, 0.1) is 0 Å². The molecule has 1 aromatic heterocycles. The van der Waals surface area contributed by atoms with Gasteiger partial charge in [-0.05, 0) is 30.7 Å². The highest BCUT2D eigenvalue weighted by molar-refractivity contribution is 6.12. The number of nitrogens with zero attached hydrogens (tertiary/aromatic N) is 3. The summed E-state index contributed by atoms with van der Waals surface area (Å²) in [6.07, 6.45) is 0. The Morgan fingerprint density at radius 3 is 2.43 bits per heavy atom. The minimum Gasteiger partial charge on any atom is -0.497 e. The van der Waals surface area contributed by atoms with E-state index in [1.807, 2.05) is 78.9 Å². The summed E-state index contributed by atoms with van der Waals surface area (Å²) >= 11 is 0. The van der Waals surface area contributed by atoms with Crippen LogP contribution < -0.4 is 15.0 Å². The number of rotatable bonds is 6. The van der Waals surface area contributed by atoms with Crippen molar-refractivity contribution in [2.24, 2.45) is 0 Å². The standard InChI is InChI=1S/C28H26N4O3/c1-28(27(34)29-18-20-10-5-3-6-11-20)19-31-25(17-24(30-31)21-12-7-4-8-13-21)26(33)32(28)22-14-9-15-23(16-22)35-2/h3-17H,18-19H2,1-2H3,(H,29,34)/t28-/m1/s1. The molecule has 3 aromatic carbocycles. The van der Waals surface area contributed by atoms with Crippen molar-refractivity contribution in [3.05, 3.63) is 102 Å². The van der Waals surface area contributed by atoms with E-state index in [9.17, 15) is 9.59 Å². The van der Waals surface area contributed by atoms with Gasteiger partial charge in [0.25, 0.3) is 5.91 Å². The Morgan fingerprint density at radius 1 is 1.00 bits per heavy atom. The van der Waals surface area contributed by atoms with Crippen molar-refractivity contribution in [3.8, 4) is 17.0 Å². The number of hydrogen-bond acceptors (Lipinski definition) is 4. The van der Waals surface area contributed by atoms with Gasteiger partial charge in [-0.2, -0.15) is 5.10 Å². The predicted octanol–water partition coefficient (Wildman–Crippen LogP) is 4.29. The van der Waals surface area contributed by atoms with Gasteiger partial charge in [0.15, 0.2) is 0 Å². The van der Waals surface area contributed by atoms with Crippen LogP contribution in [0.25, 0.3) is 11.3 Å². The maximum absolute atomic E-state index is 13.9. The highest BCUT2D eigenvalue weighted by atomic mass is 16.5. The van der Waals surface area contributed by atoms with Gasteiger partial charge in [0.2, 0.25) is 5.91 Å². The van der Waals surface area contributed by atoms with E-state index in [4.69, 9.17) is 9.84 Å². The first-order valence-corrected chi connectivity index (χ1v) is 11.4. The van der Waals surface area contributed by atoms with Gasteiger partial charge in [0.05, 0.1) is 19.3 Å². The molecule has 0 unspecified atom stereocenters. The summed E-state index contributed by atoms with van der Waals surface area (Å²) in [5, 5.41) is 7.72. The Bertz CT molecular complexity index is 1370. The van der Waals surface area contributed by atoms with Gasteiger partial charge in [0, 0.05) is 23.9 Å². The van der Waals surface area contributed by atoms with Crippen molar-refractivity contribution in [2.75, 3.05) is 12.0 Å². The molecule has 1 N–H and O–H groups in total. The van der Waals surface area contributed by atoms with Crippen LogP contribution in [0.3, 0.4) is 0 Å². The Kier molecular flexibility index (Phi) is 5.82. The van der Waals surface area contributed by atoms with Crippen LogP contribution in [0.1, 0.15) is 23.0 Å². The second-order valence-corrected chi connectivity index (χ2v) is 8.72. The first kappa shape index (κ1) is 22.4. The number of hydrogen-bond donors (Lipinski definition) is 1. The second kappa shape index (κ2) is 9.10. The number of benzene rings is 3. The molecule has 0 spiro atoms. The van der Waals surface area contributed by atoms with Crippen LogP contribution in [0.2, 0.25) is 0 Å². The summed E-state index contributed by atoms with van der Waals surface area (Å²) in [4.78, 5) is 29.1. The van der Waals surface area contributed by atoms with Gasteiger partial charge < -0.3 is 10.1 Å². The number of aromatic nitrogens is 2. The Hall–Kier alpha value is -4.39. The van der Waals surface area contributed by atoms with E-state index in [2.05, 4.69) is 5.32 Å². The van der Waals surface area contributed by atoms with Crippen LogP contribution >= 0.6 is 0 Å². The third kappa shape index (κ3) is 4.17. The lowest BCUT2D eigenvalue weighted by Gasteiger charge is -2.43. The SMILES string of the molecule is COc1cccc(N2C(=O)c3cc(-c4ccccc4)nn3C[C@]2(C)C(=O)NCc2ccccc2)c1. The number of amides is 2. The van der Waals surface area contributed by atoms with Crippen molar-refractivity contribution < 1.29 is 14.3 Å². The van der Waals surface area contributed by atoms with Crippen molar-refractivity contribution >= 4 is 17.5 Å². The predicted molar refractivity (Wildman–Crippen MR) is 134 cm³/mol. The van der Waals surface area contributed by atoms with Crippen LogP contribution in [0.15, 0.2) is 91.0 Å². The van der Waals surface area contributed by atoms with Crippen LogP contribution in [-0.2, 0) is 17.9 Å². The number of carbonyl (C=O) groups excluding carboxylic acids is 2. The zero-order valence-corrected chi connectivity index (χ0v) is 19.6. The molecule has 7 heteroatoms. The van der Waals surface area contributed by atoms with Gasteiger partial charge >= 0.3 is 0 Å². The van der Waals surface area contributed by atoms with E-state index in [0.29, 0.717) is 29.4 Å². The topological polar surface area (TPSA) is 76.5 Å². The number of fused-ring (bicyclic) bond motifs is 1. The normalized spacial score (nSPS) is 17.1. The fraction of sp³-hybridized carbons (Fsp3) is 0.179. The molecular weight excluding hydrogens is 440 g/mol. The molecule has 1 atom stereocenters. The summed E-state index contributed by atoms with van der Waals surface area (Å²) < 4.78 is 7.03. The number of nitrogens with one attached hydrogen (secondary N) is 1. The smallest absolute Gasteiger partial charge is 0.277 e. The summed E-state index contributed by atoms with van der Waals surface area (Å²) in [6, 6.07) is 28.4. The van der Waals surface area contributed by atoms with Crippen molar-refractivity contribution in [1.82, 2.24) is 15.1 Å². The number of anilines is 1. The maximum atomic E-state index is 13.9. The highest BCUT2D eigenvalue weighted by Crippen LogP contribution is 2.35. The van der Waals surface area contributed by atoms with Crippen molar-refractivity contribution in [2.45, 2.75) is 25.6 Å². The lowest BCUT2D eigenvalue weighted by Crippen LogP contribution is -2.64. The van der Waals surface area contributed by atoms with Gasteiger partial charge in [-0.1, -0.05) is 66.7 Å². The third-order valence-corrected chi connectivity index (χ3v) is 6.32. The lowest BCUT2D eigenvalue weighted by molar-refractivity contribution is -0.126. The monoisotopic (exact) mass is 466 g/mol. The summed E-state index contributed by atoms with van der Waals surface area (Å²) in [5.74, 6) is 0.0443. The molecule has 0 radical (unpaired) electrons. The molecule has 5 rings (SSSR count). The minimum atomic E-state index is -1.22. The van der Waals surface area contributed by atoms with Crippen molar-refractivity contribution in [3.63, 3.8) is 0 Å². The van der Waals surface area contributed by atoms with Crippen LogP contribution in [-0.4, -0.2) is 34.2 Å². The molecule has 0 saturated carbocycles. The Labute approximate surface area is 204 Å². The molecule has 1 aliphatic rings. The average Bonchev–Trinajstić information content (AvgIpc) is 3.32. The fourth-order valence-corrected chi connectivity index (χ4v) is 4.45. The van der Waals surface area contributed by atoms with E-state index in [1.165, 1.54) is 0 Å². The summed E-state index contributed by atoms with van der Waals surface area (Å²) in [7, 11) is 1.57. The van der Waals surface area contributed by atoms with Gasteiger partial charge in [-0.25, -0.2) is 0 Å². The second-order valence-electron chi connectivity index (χ2n) is 8.72. The molecule has 1 aliphatic heterocycles. The zero-order chi connectivity index (χ0) is 24.4. The molecular formula is C28H26N4O3. The Morgan fingerprint density at radius 2 is 1.71 bits per heavy atom. The Balaban J connectivity index is 1.56. The van der Waals surface area contributed by atoms with Crippen LogP contribution in [0.4, 0.5) is 5.69 Å². The van der Waals surface area contributed by atoms with Gasteiger partial charge in [0.1, 0.15) is 17.0 Å². The highest BCUT2D eigenvalue weighted by Gasteiger charge is 2.49. The minimum absolute atomic E-state index is 0.207. The quantitative estimate of drug-likeness (QED) is 0.460. The third-order valence-electron chi connectivity index (χ3n) is 6.32. The molecule has 0 bridgehead atoms.